The predicted octanol–water partition coefficient (Wildman–Crippen LogP) is 9.50. The van der Waals surface area contributed by atoms with E-state index in [1.807, 2.05) is 6.08 Å². The van der Waals surface area contributed by atoms with Crippen molar-refractivity contribution in [3.63, 3.8) is 0 Å². The zero-order valence-electron chi connectivity index (χ0n) is 30.7. The highest BCUT2D eigenvalue weighted by Crippen LogP contribution is 2.55. The number of anilines is 4. The molecule has 7 heteroatoms. The van der Waals surface area contributed by atoms with Crippen LogP contribution in [0.5, 0.6) is 23.0 Å². The molecule has 5 heterocycles. The molecule has 0 bridgehead atoms. The first-order chi connectivity index (χ1) is 27.8. The molecule has 3 unspecified atom stereocenters. The van der Waals surface area contributed by atoms with Crippen LogP contribution in [-0.2, 0) is 6.42 Å². The quantitative estimate of drug-likeness (QED) is 0.134. The number of nitrogens with zero attached hydrogens (tertiary/aromatic N) is 4. The lowest BCUT2D eigenvalue weighted by atomic mass is 9.33. The van der Waals surface area contributed by atoms with Crippen molar-refractivity contribution in [2.45, 2.75) is 50.1 Å². The molecular weight excluding hydrogens is 687 g/mol. The minimum Gasteiger partial charge on any atom is -0.456 e. The zero-order valence-corrected chi connectivity index (χ0v) is 30.7. The lowest BCUT2D eigenvalue weighted by Crippen LogP contribution is -2.63. The second-order valence-electron chi connectivity index (χ2n) is 16.0. The van der Waals surface area contributed by atoms with Gasteiger partial charge in [0.2, 0.25) is 0 Å². The van der Waals surface area contributed by atoms with Gasteiger partial charge in [0.25, 0.3) is 6.71 Å². The van der Waals surface area contributed by atoms with Gasteiger partial charge in [0.05, 0.1) is 35.0 Å². The van der Waals surface area contributed by atoms with Crippen LogP contribution in [0, 0.1) is 11.3 Å². The summed E-state index contributed by atoms with van der Waals surface area (Å²) >= 11 is 0. The standard InChI is InChI=1S/C49H35BN4O2/c51-28-29-23-25-30(26-24-29)52-39-19-9-21-43-45(39)50-46-40(52)20-10-22-44(46)56-49-42(54-37-17-7-3-13-33(37)34-14-4-8-18-38(34)54)27-41(48(55-43)47(49)50)53-35-15-5-1-11-31(35)32-12-2-6-16-36(32)53/h1-3,5,7-13,15,17-25,27,30,34,38H,4,6,14,16,26H2. The number of fused-ring (bicyclic) bond motifs is 6. The van der Waals surface area contributed by atoms with Gasteiger partial charge in [0.1, 0.15) is 17.2 Å². The Morgan fingerprint density at radius 2 is 1.46 bits per heavy atom. The van der Waals surface area contributed by atoms with Crippen LogP contribution in [-0.4, -0.2) is 23.4 Å². The first kappa shape index (κ1) is 30.7. The molecule has 13 rings (SSSR count). The third kappa shape index (κ3) is 3.91. The van der Waals surface area contributed by atoms with E-state index in [4.69, 9.17) is 9.47 Å². The Morgan fingerprint density at radius 1 is 0.696 bits per heavy atom. The largest absolute Gasteiger partial charge is 0.456 e. The maximum atomic E-state index is 9.66. The number of benzene rings is 5. The number of nitriles is 1. The van der Waals surface area contributed by atoms with Crippen molar-refractivity contribution in [3.05, 3.63) is 150 Å². The number of hydrogen-bond acceptors (Lipinski definition) is 5. The average molecular weight is 723 g/mol. The van der Waals surface area contributed by atoms with Crippen LogP contribution < -0.4 is 35.7 Å². The second kappa shape index (κ2) is 11.2. The Bertz CT molecular complexity index is 2910. The number of rotatable bonds is 3. The summed E-state index contributed by atoms with van der Waals surface area (Å²) in [7, 11) is 0. The SMILES string of the molecule is N#CC1=CCC(N2c3cccc4c3B3c5c(cccc52)Oc2c(-n5c6c(c7ccccc75)C=CCC6)cc(N5c6ccccc6C6CCC=CC65)c(c23)O4)C=C1. The number of ether oxygens (including phenoxy) is 2. The van der Waals surface area contributed by atoms with Crippen molar-refractivity contribution < 1.29 is 9.47 Å². The highest BCUT2D eigenvalue weighted by molar-refractivity contribution is 7.00. The Labute approximate surface area is 325 Å². The van der Waals surface area contributed by atoms with Gasteiger partial charge in [-0.15, -0.1) is 0 Å². The fourth-order valence-electron chi connectivity index (χ4n) is 11.1. The van der Waals surface area contributed by atoms with E-state index >= 15 is 0 Å². The first-order valence-corrected chi connectivity index (χ1v) is 20.0. The minimum absolute atomic E-state index is 0.0395. The van der Waals surface area contributed by atoms with Gasteiger partial charge in [-0.05, 0) is 97.1 Å². The van der Waals surface area contributed by atoms with Gasteiger partial charge in [-0.1, -0.05) is 85.0 Å². The monoisotopic (exact) mass is 722 g/mol. The fraction of sp³-hybridized carbons (Fsp3) is 0.163. The van der Waals surface area contributed by atoms with Crippen molar-refractivity contribution in [2.75, 3.05) is 9.80 Å². The van der Waals surface area contributed by atoms with Gasteiger partial charge >= 0.3 is 0 Å². The Balaban J connectivity index is 1.13. The lowest BCUT2D eigenvalue weighted by Gasteiger charge is -2.46. The van der Waals surface area contributed by atoms with E-state index in [-0.39, 0.29) is 18.8 Å². The van der Waals surface area contributed by atoms with E-state index in [2.05, 4.69) is 148 Å². The third-order valence-electron chi connectivity index (χ3n) is 13.3. The van der Waals surface area contributed by atoms with Gasteiger partial charge in [-0.3, -0.25) is 0 Å². The van der Waals surface area contributed by atoms with Crippen molar-refractivity contribution in [1.29, 1.82) is 5.26 Å². The smallest absolute Gasteiger partial charge is 0.266 e. The van der Waals surface area contributed by atoms with Crippen molar-refractivity contribution in [3.8, 4) is 34.8 Å². The van der Waals surface area contributed by atoms with Crippen molar-refractivity contribution in [1.82, 2.24) is 4.57 Å². The number of allylic oxidation sites excluding steroid dienone is 4. The molecule has 6 aromatic rings. The summed E-state index contributed by atoms with van der Waals surface area (Å²) in [4.78, 5) is 5.02. The Hall–Kier alpha value is -6.65. The van der Waals surface area contributed by atoms with Gasteiger partial charge < -0.3 is 23.8 Å². The maximum absolute atomic E-state index is 9.66. The van der Waals surface area contributed by atoms with Crippen molar-refractivity contribution >= 4 is 62.8 Å². The topological polar surface area (TPSA) is 53.7 Å². The number of hydrogen-bond donors (Lipinski definition) is 0. The molecule has 0 saturated heterocycles. The molecule has 6 nitrogen and oxygen atoms in total. The summed E-state index contributed by atoms with van der Waals surface area (Å²) in [6, 6.07) is 35.8. The molecule has 3 atom stereocenters. The number of aromatic nitrogens is 1. The van der Waals surface area contributed by atoms with Crippen LogP contribution in [0.1, 0.15) is 48.4 Å². The molecular formula is C49H35BN4O2. The van der Waals surface area contributed by atoms with Crippen LogP contribution in [0.3, 0.4) is 0 Å². The fourth-order valence-corrected chi connectivity index (χ4v) is 11.1. The second-order valence-corrected chi connectivity index (χ2v) is 16.0. The molecule has 3 aliphatic carbocycles. The molecule has 0 N–H and O–H groups in total. The van der Waals surface area contributed by atoms with E-state index in [9.17, 15) is 5.26 Å². The summed E-state index contributed by atoms with van der Waals surface area (Å²) in [6.45, 7) is -0.0966. The summed E-state index contributed by atoms with van der Waals surface area (Å²) < 4.78 is 17.2. The highest BCUT2D eigenvalue weighted by Gasteiger charge is 2.51. The Kier molecular flexibility index (Phi) is 6.14. The number of para-hydroxylation sites is 2. The van der Waals surface area contributed by atoms with E-state index in [1.54, 1.807) is 0 Å². The van der Waals surface area contributed by atoms with Crippen LogP contribution in [0.15, 0.2) is 133 Å². The van der Waals surface area contributed by atoms with Gasteiger partial charge in [0, 0.05) is 50.7 Å². The third-order valence-corrected chi connectivity index (χ3v) is 13.3. The van der Waals surface area contributed by atoms with Crippen LogP contribution in [0.25, 0.3) is 22.7 Å². The van der Waals surface area contributed by atoms with Gasteiger partial charge in [0.15, 0.2) is 5.75 Å². The summed E-state index contributed by atoms with van der Waals surface area (Å²) in [5.74, 6) is 3.92. The zero-order chi connectivity index (χ0) is 36.6. The van der Waals surface area contributed by atoms with Gasteiger partial charge in [-0.2, -0.15) is 5.26 Å². The molecule has 7 aliphatic rings. The van der Waals surface area contributed by atoms with E-state index < -0.39 is 0 Å². The molecule has 266 valence electrons. The highest BCUT2D eigenvalue weighted by atomic mass is 16.5. The summed E-state index contributed by atoms with van der Waals surface area (Å²) in [6.07, 6.45) is 20.5. The van der Waals surface area contributed by atoms with E-state index in [1.165, 1.54) is 44.3 Å². The van der Waals surface area contributed by atoms with Crippen LogP contribution >= 0.6 is 0 Å². The predicted molar refractivity (Wildman–Crippen MR) is 225 cm³/mol. The maximum Gasteiger partial charge on any atom is 0.266 e. The molecule has 0 spiro atoms. The average Bonchev–Trinajstić information content (AvgIpc) is 3.77. The molecule has 0 fully saturated rings. The van der Waals surface area contributed by atoms with Gasteiger partial charge in [-0.25, -0.2) is 0 Å². The van der Waals surface area contributed by atoms with Crippen molar-refractivity contribution in [2.24, 2.45) is 0 Å². The van der Waals surface area contributed by atoms with E-state index in [0.29, 0.717) is 11.5 Å². The molecule has 5 aromatic carbocycles. The molecule has 4 aliphatic heterocycles. The molecule has 56 heavy (non-hydrogen) atoms. The van der Waals surface area contributed by atoms with Crippen LogP contribution in [0.2, 0.25) is 0 Å². The first-order valence-electron chi connectivity index (χ1n) is 20.0. The van der Waals surface area contributed by atoms with Crippen LogP contribution in [0.4, 0.5) is 22.7 Å². The van der Waals surface area contributed by atoms with E-state index in [0.717, 1.165) is 83.3 Å². The molecule has 0 amide bonds. The summed E-state index contributed by atoms with van der Waals surface area (Å²) in [5.41, 5.74) is 15.0. The molecule has 0 radical (unpaired) electrons. The summed E-state index contributed by atoms with van der Waals surface area (Å²) in [5, 5.41) is 10.9. The Morgan fingerprint density at radius 3 is 2.27 bits per heavy atom. The minimum atomic E-state index is -0.0966. The molecule has 0 saturated carbocycles. The molecule has 1 aromatic heterocycles. The lowest BCUT2D eigenvalue weighted by molar-refractivity contribution is 0.461. The normalized spacial score (nSPS) is 21.1.